The number of thioether (sulfide) groups is 1. The average molecular weight is 366 g/mol. The summed E-state index contributed by atoms with van der Waals surface area (Å²) >= 11 is 2.95. The van der Waals surface area contributed by atoms with E-state index in [1.165, 1.54) is 23.5 Å². The Labute approximate surface area is 148 Å². The summed E-state index contributed by atoms with van der Waals surface area (Å²) in [7, 11) is 0. The van der Waals surface area contributed by atoms with Gasteiger partial charge in [0.05, 0.1) is 4.88 Å². The van der Waals surface area contributed by atoms with Crippen LogP contribution < -0.4 is 10.6 Å². The molecule has 0 saturated carbocycles. The predicted molar refractivity (Wildman–Crippen MR) is 96.0 cm³/mol. The van der Waals surface area contributed by atoms with Gasteiger partial charge in [0.1, 0.15) is 11.9 Å². The maximum atomic E-state index is 12.8. The topological polar surface area (TPSA) is 58.2 Å². The molecule has 0 radical (unpaired) electrons. The lowest BCUT2D eigenvalue weighted by Gasteiger charge is -2.13. The van der Waals surface area contributed by atoms with Crippen LogP contribution in [0.4, 0.5) is 4.39 Å². The fourth-order valence-electron chi connectivity index (χ4n) is 1.90. The number of benzene rings is 1. The first-order chi connectivity index (χ1) is 11.6. The molecule has 0 saturated heterocycles. The second-order valence-corrected chi connectivity index (χ2v) is 7.24. The zero-order valence-electron chi connectivity index (χ0n) is 13.3. The van der Waals surface area contributed by atoms with Crippen molar-refractivity contribution in [3.8, 4) is 0 Å². The minimum Gasteiger partial charge on any atom is -0.354 e. The van der Waals surface area contributed by atoms with Crippen molar-refractivity contribution >= 4 is 34.9 Å². The minimum atomic E-state index is -0.579. The summed E-state index contributed by atoms with van der Waals surface area (Å²) in [6.45, 7) is 2.19. The Balaban J connectivity index is 1.62. The molecule has 0 aliphatic carbocycles. The molecule has 1 aromatic carbocycles. The van der Waals surface area contributed by atoms with Gasteiger partial charge in [0.2, 0.25) is 5.91 Å². The van der Waals surface area contributed by atoms with Crippen molar-refractivity contribution in [1.29, 1.82) is 0 Å². The van der Waals surface area contributed by atoms with E-state index in [1.54, 1.807) is 43.0 Å². The number of carbonyl (C=O) groups is 2. The van der Waals surface area contributed by atoms with Gasteiger partial charge < -0.3 is 10.6 Å². The maximum absolute atomic E-state index is 12.8. The number of halogens is 1. The highest BCUT2D eigenvalue weighted by Gasteiger charge is 2.16. The Kier molecular flexibility index (Phi) is 7.27. The Morgan fingerprint density at radius 1 is 1.25 bits per heavy atom. The molecule has 1 atom stereocenters. The second kappa shape index (κ2) is 9.44. The number of thiophene rings is 1. The van der Waals surface area contributed by atoms with Crippen molar-refractivity contribution in [3.63, 3.8) is 0 Å². The first-order valence-corrected chi connectivity index (χ1v) is 9.43. The number of hydrogen-bond donors (Lipinski definition) is 2. The zero-order valence-corrected chi connectivity index (χ0v) is 14.9. The van der Waals surface area contributed by atoms with Gasteiger partial charge >= 0.3 is 0 Å². The number of amides is 2. The lowest BCUT2D eigenvalue weighted by molar-refractivity contribution is -0.122. The van der Waals surface area contributed by atoms with Crippen molar-refractivity contribution in [1.82, 2.24) is 10.6 Å². The fraction of sp³-hybridized carbons (Fsp3) is 0.294. The maximum Gasteiger partial charge on any atom is 0.261 e. The molecule has 1 heterocycles. The Bertz CT molecular complexity index is 660. The summed E-state index contributed by atoms with van der Waals surface area (Å²) in [6.07, 6.45) is 0.791. The SMILES string of the molecule is CC(NC(=O)c1cccs1)C(=O)NCCCSc1ccc(F)cc1. The lowest BCUT2D eigenvalue weighted by Crippen LogP contribution is -2.44. The number of rotatable bonds is 8. The largest absolute Gasteiger partial charge is 0.354 e. The fourth-order valence-corrected chi connectivity index (χ4v) is 3.38. The second-order valence-electron chi connectivity index (χ2n) is 5.12. The molecule has 1 unspecified atom stereocenters. The standard InChI is InChI=1S/C17H19FN2O2S2/c1-12(20-17(22)15-4-2-10-24-15)16(21)19-9-3-11-23-14-7-5-13(18)6-8-14/h2,4-8,10,12H,3,9,11H2,1H3,(H,19,21)(H,20,22). The number of nitrogens with one attached hydrogen (secondary N) is 2. The highest BCUT2D eigenvalue weighted by Crippen LogP contribution is 2.18. The van der Waals surface area contributed by atoms with E-state index in [2.05, 4.69) is 10.6 Å². The van der Waals surface area contributed by atoms with Gasteiger partial charge in [-0.15, -0.1) is 23.1 Å². The Hall–Kier alpha value is -1.86. The minimum absolute atomic E-state index is 0.202. The van der Waals surface area contributed by atoms with Crippen LogP contribution in [0, 0.1) is 5.82 Å². The molecule has 128 valence electrons. The Morgan fingerprint density at radius 3 is 2.67 bits per heavy atom. The van der Waals surface area contributed by atoms with Crippen LogP contribution in [-0.4, -0.2) is 30.2 Å². The third kappa shape index (κ3) is 5.98. The molecule has 0 fully saturated rings. The summed E-state index contributed by atoms with van der Waals surface area (Å²) in [6, 6.07) is 9.27. The van der Waals surface area contributed by atoms with Gasteiger partial charge in [-0.05, 0) is 54.8 Å². The molecule has 2 amide bonds. The third-order valence-electron chi connectivity index (χ3n) is 3.19. The molecular weight excluding hydrogens is 347 g/mol. The van der Waals surface area contributed by atoms with Gasteiger partial charge in [-0.1, -0.05) is 6.07 Å². The van der Waals surface area contributed by atoms with E-state index in [9.17, 15) is 14.0 Å². The van der Waals surface area contributed by atoms with Crippen LogP contribution in [-0.2, 0) is 4.79 Å². The van der Waals surface area contributed by atoms with Crippen LogP contribution in [0.1, 0.15) is 23.0 Å². The van der Waals surface area contributed by atoms with Crippen LogP contribution in [0.2, 0.25) is 0 Å². The number of hydrogen-bond acceptors (Lipinski definition) is 4. The highest BCUT2D eigenvalue weighted by molar-refractivity contribution is 7.99. The van der Waals surface area contributed by atoms with E-state index in [0.717, 1.165) is 17.1 Å². The zero-order chi connectivity index (χ0) is 17.4. The molecule has 0 aliphatic rings. The van der Waals surface area contributed by atoms with Crippen molar-refractivity contribution in [2.45, 2.75) is 24.3 Å². The van der Waals surface area contributed by atoms with Crippen LogP contribution in [0.25, 0.3) is 0 Å². The van der Waals surface area contributed by atoms with Crippen LogP contribution >= 0.6 is 23.1 Å². The van der Waals surface area contributed by atoms with Crippen LogP contribution in [0.5, 0.6) is 0 Å². The smallest absolute Gasteiger partial charge is 0.261 e. The van der Waals surface area contributed by atoms with Gasteiger partial charge in [0.15, 0.2) is 0 Å². The highest BCUT2D eigenvalue weighted by atomic mass is 32.2. The van der Waals surface area contributed by atoms with Gasteiger partial charge in [0, 0.05) is 11.4 Å². The van der Waals surface area contributed by atoms with Crippen LogP contribution in [0.3, 0.4) is 0 Å². The van der Waals surface area contributed by atoms with Crippen LogP contribution in [0.15, 0.2) is 46.7 Å². The van der Waals surface area contributed by atoms with Crippen molar-refractivity contribution < 1.29 is 14.0 Å². The van der Waals surface area contributed by atoms with E-state index >= 15 is 0 Å². The first-order valence-electron chi connectivity index (χ1n) is 7.56. The van der Waals surface area contributed by atoms with E-state index in [-0.39, 0.29) is 17.6 Å². The summed E-state index contributed by atoms with van der Waals surface area (Å²) in [5, 5.41) is 7.30. The van der Waals surface area contributed by atoms with Crippen molar-refractivity contribution in [2.75, 3.05) is 12.3 Å². The predicted octanol–water partition coefficient (Wildman–Crippen LogP) is 3.30. The molecular formula is C17H19FN2O2S2. The molecule has 0 bridgehead atoms. The van der Waals surface area contributed by atoms with Gasteiger partial charge in [-0.2, -0.15) is 0 Å². The molecule has 7 heteroatoms. The lowest BCUT2D eigenvalue weighted by atomic mass is 10.3. The summed E-state index contributed by atoms with van der Waals surface area (Å²) in [5.41, 5.74) is 0. The molecule has 0 aliphatic heterocycles. The quantitative estimate of drug-likeness (QED) is 0.557. The average Bonchev–Trinajstić information content (AvgIpc) is 3.10. The van der Waals surface area contributed by atoms with E-state index in [4.69, 9.17) is 0 Å². The van der Waals surface area contributed by atoms with Crippen molar-refractivity contribution in [2.24, 2.45) is 0 Å². The molecule has 4 nitrogen and oxygen atoms in total. The normalized spacial score (nSPS) is 11.8. The summed E-state index contributed by atoms with van der Waals surface area (Å²) < 4.78 is 12.8. The summed E-state index contributed by atoms with van der Waals surface area (Å²) in [4.78, 5) is 25.4. The first kappa shape index (κ1) is 18.5. The molecule has 2 aromatic rings. The molecule has 1 aromatic heterocycles. The molecule has 2 N–H and O–H groups in total. The third-order valence-corrected chi connectivity index (χ3v) is 5.16. The van der Waals surface area contributed by atoms with E-state index in [1.807, 2.05) is 5.38 Å². The monoisotopic (exact) mass is 366 g/mol. The molecule has 24 heavy (non-hydrogen) atoms. The summed E-state index contributed by atoms with van der Waals surface area (Å²) in [5.74, 6) is 0.137. The van der Waals surface area contributed by atoms with E-state index in [0.29, 0.717) is 11.4 Å². The molecule has 0 spiro atoms. The number of carbonyl (C=O) groups excluding carboxylic acids is 2. The van der Waals surface area contributed by atoms with Gasteiger partial charge in [0.25, 0.3) is 5.91 Å². The van der Waals surface area contributed by atoms with E-state index < -0.39 is 6.04 Å². The van der Waals surface area contributed by atoms with Crippen molar-refractivity contribution in [3.05, 3.63) is 52.5 Å². The van der Waals surface area contributed by atoms with Gasteiger partial charge in [-0.25, -0.2) is 4.39 Å². The molecule has 2 rings (SSSR count). The van der Waals surface area contributed by atoms with Gasteiger partial charge in [-0.3, -0.25) is 9.59 Å². The Morgan fingerprint density at radius 2 is 2.00 bits per heavy atom.